The molecule has 0 aliphatic rings. The van der Waals surface area contributed by atoms with Crippen LogP contribution in [0.5, 0.6) is 17.2 Å². The Kier molecular flexibility index (Phi) is 3.97. The van der Waals surface area contributed by atoms with Gasteiger partial charge in [-0.3, -0.25) is 0 Å². The van der Waals surface area contributed by atoms with Gasteiger partial charge in [-0.15, -0.1) is 0 Å². The number of carbonyl (C=O) groups is 1. The molecule has 0 fully saturated rings. The third-order valence-electron chi connectivity index (χ3n) is 2.77. The Hall–Kier alpha value is -2.77. The van der Waals surface area contributed by atoms with Crippen LogP contribution in [0.3, 0.4) is 0 Å². The van der Waals surface area contributed by atoms with E-state index in [0.29, 0.717) is 0 Å². The average molecular weight is 297 g/mol. The van der Waals surface area contributed by atoms with E-state index in [1.165, 1.54) is 27.4 Å². The molecular formula is C13H12FNO6. The van der Waals surface area contributed by atoms with Crippen molar-refractivity contribution in [3.8, 4) is 28.5 Å². The molecule has 0 aliphatic carbocycles. The van der Waals surface area contributed by atoms with Crippen LogP contribution in [0, 0.1) is 5.82 Å². The highest BCUT2D eigenvalue weighted by Gasteiger charge is 2.25. The number of hydrogen-bond acceptors (Lipinski definition) is 6. The van der Waals surface area contributed by atoms with Gasteiger partial charge in [0.15, 0.2) is 23.1 Å². The highest BCUT2D eigenvalue weighted by Crippen LogP contribution is 2.43. The lowest BCUT2D eigenvalue weighted by Crippen LogP contribution is -1.99. The van der Waals surface area contributed by atoms with Gasteiger partial charge in [0.2, 0.25) is 5.76 Å². The van der Waals surface area contributed by atoms with Crippen LogP contribution >= 0.6 is 0 Å². The van der Waals surface area contributed by atoms with E-state index in [-0.39, 0.29) is 28.5 Å². The summed E-state index contributed by atoms with van der Waals surface area (Å²) in [7, 11) is 4.00. The lowest BCUT2D eigenvalue weighted by atomic mass is 10.1. The monoisotopic (exact) mass is 297 g/mol. The Bertz CT molecular complexity index is 682. The molecule has 2 aromatic rings. The van der Waals surface area contributed by atoms with Crippen molar-refractivity contribution in [3.63, 3.8) is 0 Å². The van der Waals surface area contributed by atoms with E-state index in [2.05, 4.69) is 9.68 Å². The van der Waals surface area contributed by atoms with Crippen LogP contribution in [0.2, 0.25) is 0 Å². The Balaban J connectivity index is 2.72. The molecule has 0 aliphatic heterocycles. The Morgan fingerprint density at radius 1 is 1.19 bits per heavy atom. The van der Waals surface area contributed by atoms with Gasteiger partial charge in [0.1, 0.15) is 5.69 Å². The van der Waals surface area contributed by atoms with Gasteiger partial charge in [0.05, 0.1) is 26.9 Å². The topological polar surface area (TPSA) is 91.0 Å². The lowest BCUT2D eigenvalue weighted by molar-refractivity contribution is 0.0652. The van der Waals surface area contributed by atoms with Gasteiger partial charge in [0.25, 0.3) is 0 Å². The molecule has 0 saturated heterocycles. The molecule has 1 heterocycles. The van der Waals surface area contributed by atoms with Gasteiger partial charge in [-0.2, -0.15) is 0 Å². The first-order valence-corrected chi connectivity index (χ1v) is 5.72. The van der Waals surface area contributed by atoms with Crippen LogP contribution in [0.25, 0.3) is 11.3 Å². The fourth-order valence-corrected chi connectivity index (χ4v) is 1.82. The average Bonchev–Trinajstić information content (AvgIpc) is 2.96. The molecule has 0 spiro atoms. The van der Waals surface area contributed by atoms with Crippen LogP contribution < -0.4 is 14.2 Å². The predicted molar refractivity (Wildman–Crippen MR) is 68.5 cm³/mol. The lowest BCUT2D eigenvalue weighted by Gasteiger charge is -2.14. The summed E-state index contributed by atoms with van der Waals surface area (Å²) < 4.78 is 34.2. The Labute approximate surface area is 118 Å². The van der Waals surface area contributed by atoms with Crippen molar-refractivity contribution in [1.82, 2.24) is 5.16 Å². The maximum Gasteiger partial charge on any atom is 0.374 e. The largest absolute Gasteiger partial charge is 0.494 e. The second kappa shape index (κ2) is 5.70. The van der Waals surface area contributed by atoms with Crippen LogP contribution in [0.15, 0.2) is 16.7 Å². The predicted octanol–water partition coefficient (Wildman–Crippen LogP) is 2.20. The number of methoxy groups -OCH3 is 3. The molecular weight excluding hydrogens is 285 g/mol. The molecule has 0 bridgehead atoms. The van der Waals surface area contributed by atoms with Gasteiger partial charge in [-0.05, 0) is 0 Å². The summed E-state index contributed by atoms with van der Waals surface area (Å²) >= 11 is 0. The number of ether oxygens (including phenoxy) is 3. The van der Waals surface area contributed by atoms with Crippen molar-refractivity contribution in [3.05, 3.63) is 23.7 Å². The van der Waals surface area contributed by atoms with Crippen molar-refractivity contribution < 1.29 is 33.0 Å². The van der Waals surface area contributed by atoms with E-state index in [0.717, 1.165) is 6.07 Å². The maximum absolute atomic E-state index is 14.4. The first-order valence-electron chi connectivity index (χ1n) is 5.72. The molecule has 0 atom stereocenters. The van der Waals surface area contributed by atoms with Gasteiger partial charge in [-0.1, -0.05) is 5.16 Å². The van der Waals surface area contributed by atoms with E-state index < -0.39 is 17.5 Å². The summed E-state index contributed by atoms with van der Waals surface area (Å²) in [6.45, 7) is 0. The molecule has 7 nitrogen and oxygen atoms in total. The second-order valence-electron chi connectivity index (χ2n) is 3.88. The fraction of sp³-hybridized carbons (Fsp3) is 0.231. The third kappa shape index (κ3) is 2.47. The van der Waals surface area contributed by atoms with Gasteiger partial charge in [0, 0.05) is 12.1 Å². The summed E-state index contributed by atoms with van der Waals surface area (Å²) in [5.74, 6) is -2.33. The molecule has 1 aromatic carbocycles. The SMILES string of the molecule is COc1cc(OC)c(OC)c(-c2cc(C(=O)O)on2)c1F. The fourth-order valence-electron chi connectivity index (χ4n) is 1.82. The molecule has 112 valence electrons. The van der Waals surface area contributed by atoms with Crippen molar-refractivity contribution in [1.29, 1.82) is 0 Å². The molecule has 8 heteroatoms. The molecule has 0 unspecified atom stereocenters. The highest BCUT2D eigenvalue weighted by molar-refractivity contribution is 5.86. The third-order valence-corrected chi connectivity index (χ3v) is 2.77. The molecule has 21 heavy (non-hydrogen) atoms. The van der Waals surface area contributed by atoms with Crippen LogP contribution in [0.1, 0.15) is 10.6 Å². The maximum atomic E-state index is 14.4. The smallest absolute Gasteiger partial charge is 0.374 e. The number of carboxylic acids is 1. The summed E-state index contributed by atoms with van der Waals surface area (Å²) in [6.07, 6.45) is 0. The van der Waals surface area contributed by atoms with Crippen LogP contribution in [-0.2, 0) is 0 Å². The zero-order valence-electron chi connectivity index (χ0n) is 11.5. The summed E-state index contributed by atoms with van der Waals surface area (Å²) in [5.41, 5.74) is -0.149. The minimum Gasteiger partial charge on any atom is -0.494 e. The first-order chi connectivity index (χ1) is 10.0. The van der Waals surface area contributed by atoms with Gasteiger partial charge in [-0.25, -0.2) is 9.18 Å². The first kappa shape index (κ1) is 14.6. The van der Waals surface area contributed by atoms with Crippen molar-refractivity contribution in [2.75, 3.05) is 21.3 Å². The molecule has 0 amide bonds. The van der Waals surface area contributed by atoms with Crippen LogP contribution in [-0.4, -0.2) is 37.6 Å². The van der Waals surface area contributed by atoms with Gasteiger partial charge >= 0.3 is 5.97 Å². The van der Waals surface area contributed by atoms with Gasteiger partial charge < -0.3 is 23.8 Å². The minimum absolute atomic E-state index is 0.0426. The molecule has 1 aromatic heterocycles. The number of nitrogens with zero attached hydrogens (tertiary/aromatic N) is 1. The van der Waals surface area contributed by atoms with Crippen molar-refractivity contribution in [2.24, 2.45) is 0 Å². The Morgan fingerprint density at radius 2 is 1.86 bits per heavy atom. The summed E-state index contributed by atoms with van der Waals surface area (Å²) in [5, 5.41) is 12.4. The normalized spacial score (nSPS) is 10.3. The van der Waals surface area contributed by atoms with Crippen LogP contribution in [0.4, 0.5) is 4.39 Å². The number of aromatic nitrogens is 1. The number of halogens is 1. The van der Waals surface area contributed by atoms with E-state index in [9.17, 15) is 9.18 Å². The van der Waals surface area contributed by atoms with E-state index in [4.69, 9.17) is 19.3 Å². The number of carboxylic acid groups (broad SMARTS) is 1. The number of hydrogen-bond donors (Lipinski definition) is 1. The standard InChI is InChI=1S/C13H12FNO6/c1-18-7-5-8(19-2)12(20-3)10(11(7)14)6-4-9(13(16)17)21-15-6/h4-5H,1-3H3,(H,16,17). The van der Waals surface area contributed by atoms with Crippen molar-refractivity contribution in [2.45, 2.75) is 0 Å². The highest BCUT2D eigenvalue weighted by atomic mass is 19.1. The summed E-state index contributed by atoms with van der Waals surface area (Å²) in [4.78, 5) is 10.8. The van der Waals surface area contributed by atoms with E-state index in [1.807, 2.05) is 0 Å². The quantitative estimate of drug-likeness (QED) is 0.904. The minimum atomic E-state index is -1.32. The second-order valence-corrected chi connectivity index (χ2v) is 3.88. The number of rotatable bonds is 5. The molecule has 0 saturated carbocycles. The molecule has 0 radical (unpaired) electrons. The number of benzene rings is 1. The zero-order valence-corrected chi connectivity index (χ0v) is 11.5. The summed E-state index contributed by atoms with van der Waals surface area (Å²) in [6, 6.07) is 2.40. The zero-order chi connectivity index (χ0) is 15.6. The van der Waals surface area contributed by atoms with E-state index >= 15 is 0 Å². The Morgan fingerprint density at radius 3 is 2.33 bits per heavy atom. The molecule has 1 N–H and O–H groups in total. The van der Waals surface area contributed by atoms with E-state index in [1.54, 1.807) is 0 Å². The number of aromatic carboxylic acids is 1. The molecule has 2 rings (SSSR count). The van der Waals surface area contributed by atoms with Crippen molar-refractivity contribution >= 4 is 5.97 Å².